The number of hydrogen-bond donors (Lipinski definition) is 0. The predicted molar refractivity (Wildman–Crippen MR) is 69.3 cm³/mol. The Hall–Kier alpha value is -1.16. The third kappa shape index (κ3) is 2.64. The molecule has 1 fully saturated rings. The van der Waals surface area contributed by atoms with Crippen LogP contribution in [0, 0.1) is 5.92 Å². The highest BCUT2D eigenvalue weighted by atomic mass is 16.5. The second-order valence-electron chi connectivity index (χ2n) is 5.46. The molecule has 0 aliphatic heterocycles. The standard InChI is InChI=1S/C14H22N2O2/c1-11-4-7-14(18-3,8-5-11)13(17)10-12-6-9-16(2)15-12/h6,9,11H,4-5,7-8,10H2,1-3H3. The van der Waals surface area contributed by atoms with Gasteiger partial charge in [0.25, 0.3) is 0 Å². The molecule has 1 aliphatic rings. The Balaban J connectivity index is 2.06. The lowest BCUT2D eigenvalue weighted by molar-refractivity contribution is -0.145. The van der Waals surface area contributed by atoms with E-state index in [1.54, 1.807) is 11.8 Å². The molecule has 0 saturated heterocycles. The summed E-state index contributed by atoms with van der Waals surface area (Å²) in [5, 5.41) is 4.27. The third-order valence-corrected chi connectivity index (χ3v) is 4.09. The fourth-order valence-electron chi connectivity index (χ4n) is 2.71. The Kier molecular flexibility index (Phi) is 3.85. The number of rotatable bonds is 4. The van der Waals surface area contributed by atoms with E-state index >= 15 is 0 Å². The van der Waals surface area contributed by atoms with Gasteiger partial charge in [0, 0.05) is 20.4 Å². The minimum atomic E-state index is -0.565. The van der Waals surface area contributed by atoms with E-state index < -0.39 is 5.60 Å². The van der Waals surface area contributed by atoms with E-state index in [9.17, 15) is 4.79 Å². The number of aromatic nitrogens is 2. The predicted octanol–water partition coefficient (Wildman–Crippen LogP) is 2.13. The van der Waals surface area contributed by atoms with Gasteiger partial charge in [0.05, 0.1) is 12.1 Å². The summed E-state index contributed by atoms with van der Waals surface area (Å²) >= 11 is 0. The van der Waals surface area contributed by atoms with Crippen LogP contribution in [0.2, 0.25) is 0 Å². The lowest BCUT2D eigenvalue weighted by Crippen LogP contribution is -2.44. The van der Waals surface area contributed by atoms with E-state index in [1.807, 2.05) is 19.3 Å². The van der Waals surface area contributed by atoms with Crippen LogP contribution in [0.4, 0.5) is 0 Å². The Bertz CT molecular complexity index is 417. The average molecular weight is 250 g/mol. The number of ketones is 1. The van der Waals surface area contributed by atoms with Crippen molar-refractivity contribution in [2.45, 2.75) is 44.6 Å². The number of hydrogen-bond acceptors (Lipinski definition) is 3. The first-order valence-electron chi connectivity index (χ1n) is 6.63. The molecule has 1 heterocycles. The normalized spacial score (nSPS) is 28.3. The summed E-state index contributed by atoms with van der Waals surface area (Å²) in [4.78, 5) is 12.5. The SMILES string of the molecule is COC1(C(=O)Cc2ccn(C)n2)CCC(C)CC1. The van der Waals surface area contributed by atoms with Crippen LogP contribution in [0.5, 0.6) is 0 Å². The van der Waals surface area contributed by atoms with Gasteiger partial charge in [-0.15, -0.1) is 0 Å². The summed E-state index contributed by atoms with van der Waals surface area (Å²) < 4.78 is 7.31. The molecule has 0 bridgehead atoms. The summed E-state index contributed by atoms with van der Waals surface area (Å²) in [6, 6.07) is 1.90. The fourth-order valence-corrected chi connectivity index (χ4v) is 2.71. The molecule has 0 amide bonds. The highest BCUT2D eigenvalue weighted by Gasteiger charge is 2.40. The van der Waals surface area contributed by atoms with E-state index in [4.69, 9.17) is 4.74 Å². The van der Waals surface area contributed by atoms with Gasteiger partial charge in [0.2, 0.25) is 0 Å². The Morgan fingerprint density at radius 2 is 2.22 bits per heavy atom. The number of carbonyl (C=O) groups is 1. The van der Waals surface area contributed by atoms with Gasteiger partial charge in [-0.1, -0.05) is 6.92 Å². The number of methoxy groups -OCH3 is 1. The largest absolute Gasteiger partial charge is 0.370 e. The van der Waals surface area contributed by atoms with Gasteiger partial charge in [-0.3, -0.25) is 9.48 Å². The van der Waals surface area contributed by atoms with E-state index in [0.717, 1.165) is 31.4 Å². The van der Waals surface area contributed by atoms with Gasteiger partial charge in [0.1, 0.15) is 5.60 Å². The quantitative estimate of drug-likeness (QED) is 0.822. The molecule has 4 heteroatoms. The van der Waals surface area contributed by atoms with Gasteiger partial charge in [-0.25, -0.2) is 0 Å². The molecule has 0 aromatic carbocycles. The lowest BCUT2D eigenvalue weighted by atomic mass is 9.76. The second-order valence-corrected chi connectivity index (χ2v) is 5.46. The minimum absolute atomic E-state index is 0.176. The zero-order chi connectivity index (χ0) is 13.2. The minimum Gasteiger partial charge on any atom is -0.370 e. The molecule has 4 nitrogen and oxygen atoms in total. The van der Waals surface area contributed by atoms with Crippen LogP contribution >= 0.6 is 0 Å². The number of Topliss-reactive ketones (excluding diaryl/α,β-unsaturated/α-hetero) is 1. The number of nitrogens with zero attached hydrogens (tertiary/aromatic N) is 2. The van der Waals surface area contributed by atoms with Crippen molar-refractivity contribution in [1.29, 1.82) is 0 Å². The first-order chi connectivity index (χ1) is 8.55. The van der Waals surface area contributed by atoms with Crippen molar-refractivity contribution in [3.05, 3.63) is 18.0 Å². The molecule has 1 aromatic heterocycles. The molecule has 100 valence electrons. The zero-order valence-electron chi connectivity index (χ0n) is 11.5. The second kappa shape index (κ2) is 5.22. The van der Waals surface area contributed by atoms with E-state index in [0.29, 0.717) is 12.3 Å². The topological polar surface area (TPSA) is 44.1 Å². The maximum atomic E-state index is 12.5. The third-order valence-electron chi connectivity index (χ3n) is 4.09. The Labute approximate surface area is 108 Å². The highest BCUT2D eigenvalue weighted by Crippen LogP contribution is 2.35. The summed E-state index contributed by atoms with van der Waals surface area (Å²) in [5.41, 5.74) is 0.266. The summed E-state index contributed by atoms with van der Waals surface area (Å²) in [6.45, 7) is 2.24. The number of aryl methyl sites for hydroxylation is 1. The van der Waals surface area contributed by atoms with Gasteiger partial charge in [-0.05, 0) is 37.7 Å². The molecule has 1 aromatic rings. The smallest absolute Gasteiger partial charge is 0.170 e. The lowest BCUT2D eigenvalue weighted by Gasteiger charge is -2.36. The van der Waals surface area contributed by atoms with Gasteiger partial charge in [-0.2, -0.15) is 5.10 Å². The molecule has 2 rings (SSSR count). The van der Waals surface area contributed by atoms with Gasteiger partial charge >= 0.3 is 0 Å². The first kappa shape index (κ1) is 13.3. The van der Waals surface area contributed by atoms with Crippen molar-refractivity contribution >= 4 is 5.78 Å². The summed E-state index contributed by atoms with van der Waals surface area (Å²) in [7, 11) is 3.52. The number of carbonyl (C=O) groups excluding carboxylic acids is 1. The molecule has 18 heavy (non-hydrogen) atoms. The molecule has 1 saturated carbocycles. The van der Waals surface area contributed by atoms with Crippen LogP contribution in [-0.2, 0) is 23.0 Å². The number of ether oxygens (including phenoxy) is 1. The van der Waals surface area contributed by atoms with Crippen molar-refractivity contribution in [2.24, 2.45) is 13.0 Å². The van der Waals surface area contributed by atoms with Crippen molar-refractivity contribution in [2.75, 3.05) is 7.11 Å². The van der Waals surface area contributed by atoms with Crippen molar-refractivity contribution < 1.29 is 9.53 Å². The van der Waals surface area contributed by atoms with Crippen molar-refractivity contribution in [3.8, 4) is 0 Å². The van der Waals surface area contributed by atoms with Crippen LogP contribution in [0.15, 0.2) is 12.3 Å². The summed E-state index contributed by atoms with van der Waals surface area (Å²) in [5.74, 6) is 0.881. The maximum Gasteiger partial charge on any atom is 0.170 e. The van der Waals surface area contributed by atoms with Crippen molar-refractivity contribution in [1.82, 2.24) is 9.78 Å². The molecular formula is C14H22N2O2. The van der Waals surface area contributed by atoms with Crippen molar-refractivity contribution in [3.63, 3.8) is 0 Å². The molecule has 1 aliphatic carbocycles. The maximum absolute atomic E-state index is 12.5. The molecular weight excluding hydrogens is 228 g/mol. The Morgan fingerprint density at radius 3 is 2.72 bits per heavy atom. The van der Waals surface area contributed by atoms with E-state index in [2.05, 4.69) is 12.0 Å². The van der Waals surface area contributed by atoms with Crippen LogP contribution in [0.1, 0.15) is 38.3 Å². The molecule has 0 unspecified atom stereocenters. The fraction of sp³-hybridized carbons (Fsp3) is 0.714. The van der Waals surface area contributed by atoms with Crippen LogP contribution in [0.25, 0.3) is 0 Å². The molecule has 0 radical (unpaired) electrons. The van der Waals surface area contributed by atoms with Gasteiger partial charge < -0.3 is 4.74 Å². The van der Waals surface area contributed by atoms with Gasteiger partial charge in [0.15, 0.2) is 5.78 Å². The first-order valence-corrected chi connectivity index (χ1v) is 6.63. The van der Waals surface area contributed by atoms with E-state index in [1.165, 1.54) is 0 Å². The van der Waals surface area contributed by atoms with Crippen LogP contribution in [0.3, 0.4) is 0 Å². The monoisotopic (exact) mass is 250 g/mol. The zero-order valence-corrected chi connectivity index (χ0v) is 11.5. The average Bonchev–Trinajstić information content (AvgIpc) is 2.76. The van der Waals surface area contributed by atoms with E-state index in [-0.39, 0.29) is 5.78 Å². The molecule has 0 spiro atoms. The molecule has 0 N–H and O–H groups in total. The molecule has 0 atom stereocenters. The highest BCUT2D eigenvalue weighted by molar-refractivity contribution is 5.89. The van der Waals surface area contributed by atoms with Crippen LogP contribution in [-0.4, -0.2) is 28.3 Å². The van der Waals surface area contributed by atoms with Crippen LogP contribution < -0.4 is 0 Å². The summed E-state index contributed by atoms with van der Waals surface area (Å²) in [6.07, 6.45) is 6.07. The Morgan fingerprint density at radius 1 is 1.56 bits per heavy atom.